The lowest BCUT2D eigenvalue weighted by Gasteiger charge is -2.37. The monoisotopic (exact) mass is 1650 g/mol. The van der Waals surface area contributed by atoms with E-state index in [0.29, 0.717) is 49.9 Å². The van der Waals surface area contributed by atoms with Crippen molar-refractivity contribution in [2.75, 3.05) is 132 Å². The van der Waals surface area contributed by atoms with Crippen LogP contribution in [0.5, 0.6) is 0 Å². The first-order valence-corrected chi connectivity index (χ1v) is 44.5. The van der Waals surface area contributed by atoms with Gasteiger partial charge in [-0.3, -0.25) is 4.79 Å². The molecule has 0 spiro atoms. The number of alkyl halides is 1. The number of nitrogens with two attached hydrogens (primary N) is 1. The molecule has 26 heteroatoms. The molecule has 15 rings (SSSR count). The summed E-state index contributed by atoms with van der Waals surface area (Å²) in [7, 11) is 2.17. The van der Waals surface area contributed by atoms with E-state index in [1.165, 1.54) is 25.3 Å². The van der Waals surface area contributed by atoms with Gasteiger partial charge in [-0.1, -0.05) is 150 Å². The first-order valence-electron chi connectivity index (χ1n) is 40.9. The second-order valence-electron chi connectivity index (χ2n) is 33.4. The zero-order valence-electron chi connectivity index (χ0n) is 67.2. The molecule has 0 unspecified atom stereocenters. The first kappa shape index (κ1) is 86.8. The van der Waals surface area contributed by atoms with Gasteiger partial charge in [0.25, 0.3) is 0 Å². The second kappa shape index (κ2) is 39.8. The molecular formula is C87H117ClF4N12O5S4. The minimum atomic E-state index is -0.675. The molecule has 614 valence electrons. The number of rotatable bonds is 12. The number of aromatic nitrogens is 3. The van der Waals surface area contributed by atoms with Crippen LogP contribution in [0.3, 0.4) is 0 Å². The number of halogens is 5. The Balaban J connectivity index is 0.000000142. The summed E-state index contributed by atoms with van der Waals surface area (Å²) in [4.78, 5) is 65.9. The van der Waals surface area contributed by atoms with Crippen molar-refractivity contribution >= 4 is 96.3 Å². The summed E-state index contributed by atoms with van der Waals surface area (Å²) in [6.07, 6.45) is 20.3. The topological polar surface area (TPSA) is 169 Å². The number of likely N-dealkylation sites (N-methyl/N-ethyl adjacent to an activating group) is 1. The van der Waals surface area contributed by atoms with Gasteiger partial charge in [0, 0.05) is 143 Å². The van der Waals surface area contributed by atoms with Crippen molar-refractivity contribution in [3.63, 3.8) is 0 Å². The molecule has 3 N–H and O–H groups in total. The molecule has 0 radical (unpaired) electrons. The van der Waals surface area contributed by atoms with E-state index in [9.17, 15) is 31.9 Å². The van der Waals surface area contributed by atoms with Gasteiger partial charge in [0.15, 0.2) is 26.3 Å². The predicted molar refractivity (Wildman–Crippen MR) is 455 cm³/mol. The average Bonchev–Trinajstić information content (AvgIpc) is 1.66. The highest BCUT2D eigenvalue weighted by Crippen LogP contribution is 2.50. The third-order valence-electron chi connectivity index (χ3n) is 23.6. The molecule has 4 aromatic carbocycles. The van der Waals surface area contributed by atoms with Crippen LogP contribution in [0.1, 0.15) is 209 Å². The van der Waals surface area contributed by atoms with Crippen molar-refractivity contribution in [1.82, 2.24) is 39.9 Å². The zero-order valence-corrected chi connectivity index (χ0v) is 71.3. The lowest BCUT2D eigenvalue weighted by molar-refractivity contribution is -0.123. The maximum absolute atomic E-state index is 14.8. The van der Waals surface area contributed by atoms with E-state index in [1.807, 2.05) is 82.8 Å². The van der Waals surface area contributed by atoms with Crippen LogP contribution in [-0.4, -0.2) is 186 Å². The number of piperazine rings is 4. The van der Waals surface area contributed by atoms with Gasteiger partial charge in [-0.15, -0.1) is 45.6 Å². The molecule has 7 aromatic rings. The third-order valence-corrected chi connectivity index (χ3v) is 26.8. The fourth-order valence-electron chi connectivity index (χ4n) is 17.4. The van der Waals surface area contributed by atoms with E-state index < -0.39 is 16.6 Å². The number of amides is 2. The van der Waals surface area contributed by atoms with Gasteiger partial charge >= 0.3 is 12.2 Å². The van der Waals surface area contributed by atoms with E-state index in [0.717, 1.165) is 224 Å². The van der Waals surface area contributed by atoms with Gasteiger partial charge < -0.3 is 54.8 Å². The van der Waals surface area contributed by atoms with Crippen LogP contribution in [0.15, 0.2) is 113 Å². The van der Waals surface area contributed by atoms with Crippen LogP contribution in [0.4, 0.5) is 42.5 Å². The number of thiazole rings is 3. The fourth-order valence-corrected chi connectivity index (χ4v) is 20.8. The Morgan fingerprint density at radius 2 is 0.735 bits per heavy atom. The standard InChI is InChI=1S/C24H32FN3O2S.C20H26FN3S.C19H24FN3S.C14H16ClFO.C10H19N3O2S/c1-23(2,3)30-22(29)28-15-13-27(14-16-28)21-26-20(17-31-21)24(11-7-4-8-12-24)18-9-5-6-10-19(18)25;1-23-11-13-24(14-12-23)19-22-18(15-25-19)20(9-5-2-6-10-20)16-7-3-4-8-17(16)21;20-16-7-3-2-6-15(16)19(8-4-1-5-9-19)17-14-24-18(22-17)23-12-10-21-11-13-23;15-10-13(17)14(8-4-1-5-9-14)11-6-2-3-7-12(11)16;1-10(2,3)15-9(14)13-6-4-12(5-7-13)8(11)16/h5-6,9-10,17H,4,7-8,11-16H2,1-3H3;3-4,7-8,15H,2,5-6,9-14H2,1H3;2-3,6-7,14,21H,1,4-5,8-13H2;2-3,6-7H,1,4-5,8-10H2;4-7H2,1-3H3,(H2,11,16). The Labute approximate surface area is 689 Å². The van der Waals surface area contributed by atoms with Crippen molar-refractivity contribution in [2.24, 2.45) is 5.73 Å². The largest absolute Gasteiger partial charge is 0.444 e. The number of carbonyl (C=O) groups is 3. The second-order valence-corrected chi connectivity index (χ2v) is 36.6. The highest BCUT2D eigenvalue weighted by molar-refractivity contribution is 7.80. The highest BCUT2D eigenvalue weighted by Gasteiger charge is 2.45. The molecule has 8 aliphatic rings. The summed E-state index contributed by atoms with van der Waals surface area (Å²) in [5.74, 6) is -0.662. The summed E-state index contributed by atoms with van der Waals surface area (Å²) in [6.45, 7) is 24.7. The SMILES string of the molecule is CC(C)(C)OC(=O)N1CCN(C(N)=S)CC1.CC(C)(C)OC(=O)N1CCN(c2nc(C3(c4ccccc4F)CCCCC3)cs2)CC1.CN1CCN(c2nc(C3(c4ccccc4F)CCCCC3)cs2)CC1.Fc1ccccc1C1(c2csc(N3CCNCC3)n2)CCCCC1.O=C(CCl)C1(c2ccccc2F)CCCCC1. The van der Waals surface area contributed by atoms with Gasteiger partial charge in [0.2, 0.25) is 0 Å². The summed E-state index contributed by atoms with van der Waals surface area (Å²) in [6, 6.07) is 28.4. The average molecular weight is 1650 g/mol. The molecule has 3 aromatic heterocycles. The Morgan fingerprint density at radius 3 is 1.05 bits per heavy atom. The van der Waals surface area contributed by atoms with E-state index in [4.69, 9.17) is 54.0 Å². The molecule has 0 bridgehead atoms. The number of ketones is 1. The highest BCUT2D eigenvalue weighted by atomic mass is 35.5. The normalized spacial score (nSPS) is 19.8. The number of Topliss-reactive ketones (excluding diaryl/α,β-unsaturated/α-hetero) is 1. The zero-order chi connectivity index (χ0) is 80.4. The number of hydrogen-bond donors (Lipinski definition) is 2. The van der Waals surface area contributed by atoms with Gasteiger partial charge in [-0.05, 0) is 153 Å². The number of hydrogen-bond acceptors (Lipinski definition) is 17. The molecule has 4 saturated carbocycles. The molecule has 2 amide bonds. The van der Waals surface area contributed by atoms with E-state index >= 15 is 0 Å². The summed E-state index contributed by atoms with van der Waals surface area (Å²) in [5, 5.41) is 13.4. The maximum Gasteiger partial charge on any atom is 0.410 e. The maximum atomic E-state index is 14.8. The minimum Gasteiger partial charge on any atom is -0.444 e. The van der Waals surface area contributed by atoms with Crippen LogP contribution in [0, 0.1) is 23.3 Å². The van der Waals surface area contributed by atoms with Gasteiger partial charge in [0.05, 0.1) is 28.4 Å². The number of nitrogens with zero attached hydrogens (tertiary/aromatic N) is 10. The van der Waals surface area contributed by atoms with Crippen LogP contribution in [0.2, 0.25) is 0 Å². The van der Waals surface area contributed by atoms with E-state index in [2.05, 4.69) is 48.1 Å². The van der Waals surface area contributed by atoms with E-state index in [-0.39, 0.29) is 63.4 Å². The van der Waals surface area contributed by atoms with Crippen LogP contribution in [0.25, 0.3) is 0 Å². The predicted octanol–water partition coefficient (Wildman–Crippen LogP) is 18.4. The number of benzene rings is 4. The number of anilines is 3. The van der Waals surface area contributed by atoms with Crippen LogP contribution in [-0.2, 0) is 35.9 Å². The Bertz CT molecular complexity index is 4210. The molecule has 4 aliphatic carbocycles. The molecule has 4 aliphatic heterocycles. The van der Waals surface area contributed by atoms with Crippen molar-refractivity contribution in [2.45, 2.75) is 203 Å². The Hall–Kier alpha value is -7.00. The van der Waals surface area contributed by atoms with Crippen LogP contribution >= 0.6 is 57.8 Å². The smallest absolute Gasteiger partial charge is 0.410 e. The first-order chi connectivity index (χ1) is 54.3. The number of nitrogens with one attached hydrogen (secondary N) is 1. The lowest BCUT2D eigenvalue weighted by atomic mass is 9.67. The fraction of sp³-hybridized carbons (Fsp3) is 0.575. The molecular weight excluding hydrogens is 1530 g/mol. The summed E-state index contributed by atoms with van der Waals surface area (Å²) < 4.78 is 68.8. The molecule has 4 saturated heterocycles. The summed E-state index contributed by atoms with van der Waals surface area (Å²) >= 11 is 15.6. The molecule has 113 heavy (non-hydrogen) atoms. The summed E-state index contributed by atoms with van der Waals surface area (Å²) in [5.41, 5.74) is 9.21. The third kappa shape index (κ3) is 21.8. The van der Waals surface area contributed by atoms with E-state index in [1.54, 1.807) is 98.4 Å². The van der Waals surface area contributed by atoms with Crippen molar-refractivity contribution in [3.8, 4) is 0 Å². The molecule has 17 nitrogen and oxygen atoms in total. The minimum absolute atomic E-state index is 0.0334. The number of carbonyl (C=O) groups excluding carboxylic acids is 3. The van der Waals surface area contributed by atoms with Gasteiger partial charge in [-0.25, -0.2) is 42.1 Å². The van der Waals surface area contributed by atoms with Crippen molar-refractivity contribution in [1.29, 1.82) is 0 Å². The van der Waals surface area contributed by atoms with Crippen LogP contribution < -0.4 is 25.8 Å². The number of ether oxygens (including phenoxy) is 2. The van der Waals surface area contributed by atoms with Crippen molar-refractivity contribution in [3.05, 3.63) is 176 Å². The molecule has 0 atom stereocenters. The Morgan fingerprint density at radius 1 is 0.442 bits per heavy atom. The van der Waals surface area contributed by atoms with Gasteiger partial charge in [0.1, 0.15) is 34.5 Å². The molecule has 7 heterocycles. The van der Waals surface area contributed by atoms with Gasteiger partial charge in [-0.2, -0.15) is 0 Å². The molecule has 8 fully saturated rings. The Kier molecular flexibility index (Phi) is 30.6. The lowest BCUT2D eigenvalue weighted by Crippen LogP contribution is -2.52. The van der Waals surface area contributed by atoms with Crippen molar-refractivity contribution < 1.29 is 41.4 Å². The quantitative estimate of drug-likeness (QED) is 0.0672. The number of thiocarbonyl (C=S) groups is 1.